The first-order valence-corrected chi connectivity index (χ1v) is 5.47. The van der Waals surface area contributed by atoms with Crippen LogP contribution in [0, 0.1) is 5.92 Å². The highest BCUT2D eigenvalue weighted by Gasteiger charge is 2.12. The van der Waals surface area contributed by atoms with Crippen LogP contribution in [-0.2, 0) is 11.2 Å². The first kappa shape index (κ1) is 12.8. The molecule has 0 heterocycles. The molecule has 1 rings (SSSR count). The lowest BCUT2D eigenvalue weighted by Crippen LogP contribution is -2.10. The lowest BCUT2D eigenvalue weighted by molar-refractivity contribution is -0.141. The summed E-state index contributed by atoms with van der Waals surface area (Å²) in [5.74, 6) is -0.404. The maximum Gasteiger partial charge on any atom is 0.306 e. The monoisotopic (exact) mass is 242 g/mol. The van der Waals surface area contributed by atoms with Crippen LogP contribution >= 0.6 is 11.6 Å². The van der Waals surface area contributed by atoms with Gasteiger partial charge in [0.2, 0.25) is 0 Å². The van der Waals surface area contributed by atoms with Gasteiger partial charge in [-0.05, 0) is 30.5 Å². The molecule has 16 heavy (non-hydrogen) atoms. The molecule has 0 bridgehead atoms. The number of ether oxygens (including phenoxy) is 1. The van der Waals surface area contributed by atoms with Gasteiger partial charge >= 0.3 is 5.97 Å². The van der Waals surface area contributed by atoms with E-state index < -0.39 is 5.97 Å². The molecule has 88 valence electrons. The molecule has 1 aromatic rings. The Hall–Kier alpha value is -1.22. The van der Waals surface area contributed by atoms with Crippen LogP contribution < -0.4 is 4.74 Å². The zero-order valence-corrected chi connectivity index (χ0v) is 10.1. The van der Waals surface area contributed by atoms with E-state index in [-0.39, 0.29) is 5.92 Å². The van der Waals surface area contributed by atoms with Gasteiger partial charge in [0.1, 0.15) is 5.75 Å². The number of carbonyl (C=O) groups is 1. The molecule has 3 nitrogen and oxygen atoms in total. The summed E-state index contributed by atoms with van der Waals surface area (Å²) >= 11 is 5.83. The van der Waals surface area contributed by atoms with Crippen molar-refractivity contribution in [3.63, 3.8) is 0 Å². The van der Waals surface area contributed by atoms with Crippen LogP contribution in [0.2, 0.25) is 5.02 Å². The predicted octanol–water partition coefficient (Wildman–Crippen LogP) is 3.00. The van der Waals surface area contributed by atoms with E-state index in [1.165, 1.54) is 0 Å². The molecule has 4 heteroatoms. The Morgan fingerprint density at radius 1 is 1.56 bits per heavy atom. The second-order valence-corrected chi connectivity index (χ2v) is 4.17. The van der Waals surface area contributed by atoms with Gasteiger partial charge in [-0.3, -0.25) is 4.79 Å². The minimum absolute atomic E-state index is 0.347. The zero-order chi connectivity index (χ0) is 12.1. The van der Waals surface area contributed by atoms with E-state index in [4.69, 9.17) is 21.4 Å². The topological polar surface area (TPSA) is 46.5 Å². The average Bonchev–Trinajstić information content (AvgIpc) is 2.26. The van der Waals surface area contributed by atoms with E-state index in [0.717, 1.165) is 5.56 Å². The summed E-state index contributed by atoms with van der Waals surface area (Å²) < 4.78 is 5.19. The largest absolute Gasteiger partial charge is 0.496 e. The maximum atomic E-state index is 10.7. The summed E-state index contributed by atoms with van der Waals surface area (Å²) in [5, 5.41) is 9.40. The number of aryl methyl sites for hydroxylation is 1. The first-order chi connectivity index (χ1) is 7.54. The maximum absolute atomic E-state index is 10.7. The highest BCUT2D eigenvalue weighted by molar-refractivity contribution is 6.30. The molecule has 1 atom stereocenters. The molecule has 0 amide bonds. The Morgan fingerprint density at radius 3 is 2.81 bits per heavy atom. The van der Waals surface area contributed by atoms with Crippen LogP contribution in [0.4, 0.5) is 0 Å². The molecule has 0 fully saturated rings. The zero-order valence-electron chi connectivity index (χ0n) is 9.37. The fraction of sp³-hybridized carbons (Fsp3) is 0.417. The highest BCUT2D eigenvalue weighted by atomic mass is 35.5. The van der Waals surface area contributed by atoms with Crippen molar-refractivity contribution in [3.05, 3.63) is 28.8 Å². The summed E-state index contributed by atoms with van der Waals surface area (Å²) in [7, 11) is 1.58. The molecule has 0 aliphatic rings. The van der Waals surface area contributed by atoms with Gasteiger partial charge in [0.05, 0.1) is 13.0 Å². The fourth-order valence-corrected chi connectivity index (χ4v) is 1.58. The lowest BCUT2D eigenvalue weighted by atomic mass is 10.0. The number of carboxylic acid groups (broad SMARTS) is 1. The van der Waals surface area contributed by atoms with E-state index in [1.807, 2.05) is 6.07 Å². The van der Waals surface area contributed by atoms with Gasteiger partial charge in [-0.15, -0.1) is 0 Å². The Labute approximate surface area is 100.0 Å². The minimum atomic E-state index is -0.770. The minimum Gasteiger partial charge on any atom is -0.496 e. The number of methoxy groups -OCH3 is 1. The van der Waals surface area contributed by atoms with Crippen LogP contribution in [0.5, 0.6) is 5.75 Å². The smallest absolute Gasteiger partial charge is 0.306 e. The Morgan fingerprint density at radius 2 is 2.25 bits per heavy atom. The normalized spacial score (nSPS) is 12.2. The summed E-state index contributed by atoms with van der Waals surface area (Å²) in [6.07, 6.45) is 1.27. The predicted molar refractivity (Wildman–Crippen MR) is 63.1 cm³/mol. The molecular weight excluding hydrogens is 228 g/mol. The van der Waals surface area contributed by atoms with Gasteiger partial charge in [-0.1, -0.05) is 24.6 Å². The van der Waals surface area contributed by atoms with Crippen molar-refractivity contribution in [2.45, 2.75) is 19.8 Å². The van der Waals surface area contributed by atoms with Crippen LogP contribution in [0.15, 0.2) is 18.2 Å². The number of aliphatic carboxylic acids is 1. The molecule has 0 aromatic heterocycles. The number of hydrogen-bond acceptors (Lipinski definition) is 2. The molecule has 0 spiro atoms. The first-order valence-electron chi connectivity index (χ1n) is 5.09. The number of hydrogen-bond donors (Lipinski definition) is 1. The Bertz CT molecular complexity index is 377. The quantitative estimate of drug-likeness (QED) is 0.864. The molecule has 0 aliphatic carbocycles. The SMILES string of the molecule is COc1cc(Cl)ccc1CCC(C)C(=O)O. The molecule has 0 saturated carbocycles. The third kappa shape index (κ3) is 3.42. The van der Waals surface area contributed by atoms with E-state index in [2.05, 4.69) is 0 Å². The van der Waals surface area contributed by atoms with Gasteiger partial charge in [-0.2, -0.15) is 0 Å². The molecule has 0 radical (unpaired) electrons. The van der Waals surface area contributed by atoms with Gasteiger partial charge in [0.15, 0.2) is 0 Å². The van der Waals surface area contributed by atoms with Gasteiger partial charge in [-0.25, -0.2) is 0 Å². The Kier molecular flexibility index (Phi) is 4.62. The van der Waals surface area contributed by atoms with Crippen molar-refractivity contribution in [2.75, 3.05) is 7.11 Å². The summed E-state index contributed by atoms with van der Waals surface area (Å²) in [6, 6.07) is 5.39. The number of benzene rings is 1. The Balaban J connectivity index is 2.70. The van der Waals surface area contributed by atoms with Crippen molar-refractivity contribution in [1.29, 1.82) is 0 Å². The summed E-state index contributed by atoms with van der Waals surface area (Å²) in [4.78, 5) is 10.7. The number of rotatable bonds is 5. The third-order valence-electron chi connectivity index (χ3n) is 2.52. The van der Waals surface area contributed by atoms with E-state index in [9.17, 15) is 4.79 Å². The van der Waals surface area contributed by atoms with Crippen LogP contribution in [0.25, 0.3) is 0 Å². The molecule has 1 unspecified atom stereocenters. The second kappa shape index (κ2) is 5.75. The second-order valence-electron chi connectivity index (χ2n) is 3.73. The van der Waals surface area contributed by atoms with Gasteiger partial charge in [0.25, 0.3) is 0 Å². The molecule has 0 aliphatic heterocycles. The van der Waals surface area contributed by atoms with Gasteiger partial charge in [0, 0.05) is 5.02 Å². The fourth-order valence-electron chi connectivity index (χ4n) is 1.42. The lowest BCUT2D eigenvalue weighted by Gasteiger charge is -2.10. The molecule has 1 N–H and O–H groups in total. The van der Waals surface area contributed by atoms with Crippen LogP contribution in [-0.4, -0.2) is 18.2 Å². The standard InChI is InChI=1S/C12H15ClO3/c1-8(12(14)15)3-4-9-5-6-10(13)7-11(9)16-2/h5-8H,3-4H2,1-2H3,(H,14,15). The third-order valence-corrected chi connectivity index (χ3v) is 2.75. The van der Waals surface area contributed by atoms with E-state index in [0.29, 0.717) is 23.6 Å². The van der Waals surface area contributed by atoms with Crippen LogP contribution in [0.1, 0.15) is 18.9 Å². The summed E-state index contributed by atoms with van der Waals surface area (Å²) in [6.45, 7) is 1.70. The summed E-state index contributed by atoms with van der Waals surface area (Å²) in [5.41, 5.74) is 0.986. The van der Waals surface area contributed by atoms with Crippen molar-refractivity contribution >= 4 is 17.6 Å². The van der Waals surface area contributed by atoms with Crippen molar-refractivity contribution in [3.8, 4) is 5.75 Å². The van der Waals surface area contributed by atoms with E-state index >= 15 is 0 Å². The molecular formula is C12H15ClO3. The van der Waals surface area contributed by atoms with Crippen molar-refractivity contribution < 1.29 is 14.6 Å². The van der Waals surface area contributed by atoms with Crippen molar-refractivity contribution in [2.24, 2.45) is 5.92 Å². The average molecular weight is 243 g/mol. The van der Waals surface area contributed by atoms with Crippen molar-refractivity contribution in [1.82, 2.24) is 0 Å². The highest BCUT2D eigenvalue weighted by Crippen LogP contribution is 2.25. The van der Waals surface area contributed by atoms with Gasteiger partial charge < -0.3 is 9.84 Å². The molecule has 0 saturated heterocycles. The molecule has 1 aromatic carbocycles. The van der Waals surface area contributed by atoms with E-state index in [1.54, 1.807) is 26.2 Å². The van der Waals surface area contributed by atoms with Crippen LogP contribution in [0.3, 0.4) is 0 Å². The number of halogens is 1. The number of carboxylic acids is 1.